The topological polar surface area (TPSA) is 49.4 Å². The molecule has 0 unspecified atom stereocenters. The third-order valence-corrected chi connectivity index (χ3v) is 4.13. The number of amides is 2. The molecule has 5 heteroatoms. The fourth-order valence-corrected chi connectivity index (χ4v) is 3.10. The van der Waals surface area contributed by atoms with Crippen molar-refractivity contribution in [1.29, 1.82) is 0 Å². The number of fused-ring (bicyclic) bond motifs is 1. The molecule has 0 bridgehead atoms. The molecule has 3 rings (SSSR count). The van der Waals surface area contributed by atoms with Crippen LogP contribution in [0.25, 0.3) is 0 Å². The minimum Gasteiger partial charge on any atom is -0.326 e. The number of hydrogen-bond donors (Lipinski definition) is 1. The average molecular weight is 286 g/mol. The molecule has 0 atom stereocenters. The SMILES string of the molecule is CC(=O)Nc1ccc2c(c1)CCN2C(=O)c1cccs1. The van der Waals surface area contributed by atoms with Gasteiger partial charge in [0.1, 0.15) is 0 Å². The summed E-state index contributed by atoms with van der Waals surface area (Å²) in [6.45, 7) is 2.18. The number of thiophene rings is 1. The molecule has 1 aromatic heterocycles. The molecule has 1 N–H and O–H groups in total. The number of benzene rings is 1. The first-order valence-corrected chi connectivity index (χ1v) is 7.29. The molecule has 2 aromatic rings. The highest BCUT2D eigenvalue weighted by Gasteiger charge is 2.26. The summed E-state index contributed by atoms with van der Waals surface area (Å²) in [7, 11) is 0. The van der Waals surface area contributed by atoms with Crippen molar-refractivity contribution in [1.82, 2.24) is 0 Å². The van der Waals surface area contributed by atoms with Crippen molar-refractivity contribution in [2.45, 2.75) is 13.3 Å². The molecule has 1 aliphatic heterocycles. The van der Waals surface area contributed by atoms with Gasteiger partial charge in [-0.25, -0.2) is 0 Å². The summed E-state index contributed by atoms with van der Waals surface area (Å²) in [6.07, 6.45) is 0.819. The molecule has 0 radical (unpaired) electrons. The summed E-state index contributed by atoms with van der Waals surface area (Å²) >= 11 is 1.46. The van der Waals surface area contributed by atoms with E-state index in [1.54, 1.807) is 4.90 Å². The van der Waals surface area contributed by atoms with E-state index in [2.05, 4.69) is 5.32 Å². The maximum absolute atomic E-state index is 12.4. The number of nitrogens with one attached hydrogen (secondary N) is 1. The van der Waals surface area contributed by atoms with Crippen LogP contribution in [0.3, 0.4) is 0 Å². The van der Waals surface area contributed by atoms with Gasteiger partial charge >= 0.3 is 0 Å². The molecule has 102 valence electrons. The lowest BCUT2D eigenvalue weighted by molar-refractivity contribution is -0.114. The lowest BCUT2D eigenvalue weighted by atomic mass is 10.1. The first kappa shape index (κ1) is 12.9. The molecule has 2 amide bonds. The van der Waals surface area contributed by atoms with Crippen LogP contribution in [0.15, 0.2) is 35.7 Å². The van der Waals surface area contributed by atoms with Crippen LogP contribution in [0, 0.1) is 0 Å². The minimum absolute atomic E-state index is 0.0472. The van der Waals surface area contributed by atoms with E-state index in [0.29, 0.717) is 6.54 Å². The second-order valence-electron chi connectivity index (χ2n) is 4.71. The van der Waals surface area contributed by atoms with E-state index >= 15 is 0 Å². The van der Waals surface area contributed by atoms with Gasteiger partial charge in [0, 0.05) is 24.8 Å². The van der Waals surface area contributed by atoms with Crippen LogP contribution in [0.1, 0.15) is 22.2 Å². The van der Waals surface area contributed by atoms with E-state index in [4.69, 9.17) is 0 Å². The molecule has 0 spiro atoms. The van der Waals surface area contributed by atoms with Crippen LogP contribution in [-0.4, -0.2) is 18.4 Å². The largest absolute Gasteiger partial charge is 0.326 e. The summed E-state index contributed by atoms with van der Waals surface area (Å²) in [6, 6.07) is 9.41. The Balaban J connectivity index is 1.87. The third kappa shape index (κ3) is 2.32. The summed E-state index contributed by atoms with van der Waals surface area (Å²) < 4.78 is 0. The summed E-state index contributed by atoms with van der Waals surface area (Å²) in [5.41, 5.74) is 2.82. The Morgan fingerprint density at radius 1 is 1.30 bits per heavy atom. The first-order chi connectivity index (χ1) is 9.65. The van der Waals surface area contributed by atoms with Crippen LogP contribution < -0.4 is 10.2 Å². The molecular formula is C15H14N2O2S. The zero-order valence-electron chi connectivity index (χ0n) is 11.1. The zero-order chi connectivity index (χ0) is 14.1. The summed E-state index contributed by atoms with van der Waals surface area (Å²) in [4.78, 5) is 26.0. The smallest absolute Gasteiger partial charge is 0.268 e. The fourth-order valence-electron chi connectivity index (χ4n) is 2.43. The highest BCUT2D eigenvalue weighted by atomic mass is 32.1. The Morgan fingerprint density at radius 3 is 2.85 bits per heavy atom. The fraction of sp³-hybridized carbons (Fsp3) is 0.200. The maximum Gasteiger partial charge on any atom is 0.268 e. The van der Waals surface area contributed by atoms with E-state index in [9.17, 15) is 9.59 Å². The number of anilines is 2. The Kier molecular flexibility index (Phi) is 3.28. The monoisotopic (exact) mass is 286 g/mol. The van der Waals surface area contributed by atoms with Gasteiger partial charge in [-0.15, -0.1) is 11.3 Å². The lowest BCUT2D eigenvalue weighted by Crippen LogP contribution is -2.28. The number of hydrogen-bond acceptors (Lipinski definition) is 3. The Morgan fingerprint density at radius 2 is 2.15 bits per heavy atom. The molecule has 2 heterocycles. The van der Waals surface area contributed by atoms with Crippen molar-refractivity contribution in [2.24, 2.45) is 0 Å². The molecular weight excluding hydrogens is 272 g/mol. The van der Waals surface area contributed by atoms with Gasteiger partial charge < -0.3 is 10.2 Å². The second kappa shape index (κ2) is 5.09. The van der Waals surface area contributed by atoms with Gasteiger partial charge in [0.25, 0.3) is 5.91 Å². The molecule has 4 nitrogen and oxygen atoms in total. The molecule has 0 saturated carbocycles. The van der Waals surface area contributed by atoms with Crippen molar-refractivity contribution in [3.8, 4) is 0 Å². The van der Waals surface area contributed by atoms with Crippen LogP contribution >= 0.6 is 11.3 Å². The van der Waals surface area contributed by atoms with E-state index < -0.39 is 0 Å². The number of carbonyl (C=O) groups excluding carboxylic acids is 2. The van der Waals surface area contributed by atoms with Gasteiger partial charge in [-0.2, -0.15) is 0 Å². The van der Waals surface area contributed by atoms with Crippen molar-refractivity contribution in [3.05, 3.63) is 46.2 Å². The van der Waals surface area contributed by atoms with Crippen LogP contribution in [0.5, 0.6) is 0 Å². The predicted octanol–water partition coefficient (Wildman–Crippen LogP) is 2.91. The first-order valence-electron chi connectivity index (χ1n) is 6.41. The predicted molar refractivity (Wildman–Crippen MR) is 80.4 cm³/mol. The normalized spacial score (nSPS) is 13.2. The van der Waals surface area contributed by atoms with E-state index in [1.807, 2.05) is 35.7 Å². The number of nitrogens with zero attached hydrogens (tertiary/aromatic N) is 1. The quantitative estimate of drug-likeness (QED) is 0.922. The zero-order valence-corrected chi connectivity index (χ0v) is 11.9. The molecule has 0 fully saturated rings. The van der Waals surface area contributed by atoms with E-state index in [-0.39, 0.29) is 11.8 Å². The van der Waals surface area contributed by atoms with Crippen molar-refractivity contribution in [2.75, 3.05) is 16.8 Å². The Labute approximate surface area is 121 Å². The summed E-state index contributed by atoms with van der Waals surface area (Å²) in [5, 5.41) is 4.67. The van der Waals surface area contributed by atoms with Gasteiger partial charge in [0.05, 0.1) is 4.88 Å². The van der Waals surface area contributed by atoms with Crippen molar-refractivity contribution >= 4 is 34.5 Å². The Hall–Kier alpha value is -2.14. The molecule has 0 aliphatic carbocycles. The lowest BCUT2D eigenvalue weighted by Gasteiger charge is -2.16. The second-order valence-corrected chi connectivity index (χ2v) is 5.66. The van der Waals surface area contributed by atoms with Crippen LogP contribution in [-0.2, 0) is 11.2 Å². The van der Waals surface area contributed by atoms with E-state index in [1.165, 1.54) is 18.3 Å². The molecule has 20 heavy (non-hydrogen) atoms. The highest BCUT2D eigenvalue weighted by Crippen LogP contribution is 2.32. The highest BCUT2D eigenvalue weighted by molar-refractivity contribution is 7.12. The number of rotatable bonds is 2. The van der Waals surface area contributed by atoms with Crippen molar-refractivity contribution < 1.29 is 9.59 Å². The maximum atomic E-state index is 12.4. The van der Waals surface area contributed by atoms with Gasteiger partial charge in [0.2, 0.25) is 5.91 Å². The third-order valence-electron chi connectivity index (χ3n) is 3.27. The van der Waals surface area contributed by atoms with Gasteiger partial charge in [0.15, 0.2) is 0 Å². The number of carbonyl (C=O) groups is 2. The van der Waals surface area contributed by atoms with Gasteiger partial charge in [-0.05, 0) is 41.6 Å². The van der Waals surface area contributed by atoms with Gasteiger partial charge in [-0.3, -0.25) is 9.59 Å². The molecule has 1 aliphatic rings. The average Bonchev–Trinajstić information content (AvgIpc) is 3.06. The van der Waals surface area contributed by atoms with Crippen LogP contribution in [0.2, 0.25) is 0 Å². The standard InChI is InChI=1S/C15H14N2O2S/c1-10(18)16-12-4-5-13-11(9-12)6-7-17(13)15(19)14-3-2-8-20-14/h2-5,8-9H,6-7H2,1H3,(H,16,18). The molecule has 1 aromatic carbocycles. The molecule has 0 saturated heterocycles. The minimum atomic E-state index is -0.0885. The Bertz CT molecular complexity index is 665. The van der Waals surface area contributed by atoms with Gasteiger partial charge in [-0.1, -0.05) is 6.07 Å². The van der Waals surface area contributed by atoms with E-state index in [0.717, 1.165) is 28.2 Å². The summed E-state index contributed by atoms with van der Waals surface area (Å²) in [5.74, 6) is -0.0412. The van der Waals surface area contributed by atoms with Crippen LogP contribution in [0.4, 0.5) is 11.4 Å². The van der Waals surface area contributed by atoms with Crippen molar-refractivity contribution in [3.63, 3.8) is 0 Å².